The van der Waals surface area contributed by atoms with Crippen molar-refractivity contribution in [3.63, 3.8) is 0 Å². The van der Waals surface area contributed by atoms with E-state index in [9.17, 15) is 8.42 Å². The van der Waals surface area contributed by atoms with Crippen LogP contribution < -0.4 is 5.73 Å². The number of anilines is 1. The molecule has 0 spiro atoms. The lowest BCUT2D eigenvalue weighted by Crippen LogP contribution is -1.98. The molecule has 3 N–H and O–H groups in total. The van der Waals surface area contributed by atoms with Gasteiger partial charge >= 0.3 is 0 Å². The summed E-state index contributed by atoms with van der Waals surface area (Å²) in [6.45, 7) is 1.85. The molecule has 17 heavy (non-hydrogen) atoms. The molecule has 0 unspecified atom stereocenters. The largest absolute Gasteiger partial charge is 0.382 e. The van der Waals surface area contributed by atoms with E-state index in [-0.39, 0.29) is 0 Å². The van der Waals surface area contributed by atoms with E-state index < -0.39 is 9.84 Å². The van der Waals surface area contributed by atoms with E-state index in [1.165, 1.54) is 6.26 Å². The van der Waals surface area contributed by atoms with Gasteiger partial charge in [-0.2, -0.15) is 5.10 Å². The lowest BCUT2D eigenvalue weighted by atomic mass is 10.1. The van der Waals surface area contributed by atoms with Crippen molar-refractivity contribution in [3.05, 3.63) is 29.8 Å². The van der Waals surface area contributed by atoms with Gasteiger partial charge in [-0.25, -0.2) is 8.42 Å². The van der Waals surface area contributed by atoms with Crippen LogP contribution >= 0.6 is 0 Å². The Morgan fingerprint density at radius 2 is 2.00 bits per heavy atom. The number of hydrogen-bond acceptors (Lipinski definition) is 4. The van der Waals surface area contributed by atoms with Gasteiger partial charge in [0.15, 0.2) is 9.84 Å². The van der Waals surface area contributed by atoms with Crippen molar-refractivity contribution in [2.45, 2.75) is 11.8 Å². The van der Waals surface area contributed by atoms with Crippen molar-refractivity contribution in [1.82, 2.24) is 10.2 Å². The van der Waals surface area contributed by atoms with E-state index >= 15 is 0 Å². The summed E-state index contributed by atoms with van der Waals surface area (Å²) in [5.41, 5.74) is 8.05. The quantitative estimate of drug-likeness (QED) is 0.843. The molecule has 2 aromatic rings. The van der Waals surface area contributed by atoms with Crippen molar-refractivity contribution in [2.75, 3.05) is 12.0 Å². The molecule has 0 saturated carbocycles. The van der Waals surface area contributed by atoms with Gasteiger partial charge in [-0.3, -0.25) is 5.10 Å². The molecule has 0 radical (unpaired) electrons. The molecule has 2 rings (SSSR count). The summed E-state index contributed by atoms with van der Waals surface area (Å²) in [4.78, 5) is 0.311. The average molecular weight is 251 g/mol. The van der Waals surface area contributed by atoms with Crippen LogP contribution in [0.3, 0.4) is 0 Å². The standard InChI is InChI=1S/C11H13N3O2S/c1-7-5-8(17(2,15)16)3-4-9(7)10-6-11(12)14-13-10/h3-6H,1-2H3,(H3,12,13,14). The molecular weight excluding hydrogens is 238 g/mol. The second-order valence-electron chi connectivity index (χ2n) is 3.96. The Morgan fingerprint density at radius 1 is 1.29 bits per heavy atom. The van der Waals surface area contributed by atoms with Crippen LogP contribution in [0.15, 0.2) is 29.2 Å². The highest BCUT2D eigenvalue weighted by Crippen LogP contribution is 2.25. The molecule has 1 heterocycles. The van der Waals surface area contributed by atoms with Crippen LogP contribution in [0.5, 0.6) is 0 Å². The summed E-state index contributed by atoms with van der Waals surface area (Å²) in [7, 11) is -3.17. The van der Waals surface area contributed by atoms with Crippen molar-refractivity contribution >= 4 is 15.7 Å². The van der Waals surface area contributed by atoms with E-state index in [2.05, 4.69) is 10.2 Å². The lowest BCUT2D eigenvalue weighted by molar-refractivity contribution is 0.602. The van der Waals surface area contributed by atoms with E-state index in [1.54, 1.807) is 24.3 Å². The Balaban J connectivity index is 2.53. The molecule has 0 saturated heterocycles. The summed E-state index contributed by atoms with van der Waals surface area (Å²) in [5, 5.41) is 6.64. The smallest absolute Gasteiger partial charge is 0.175 e. The number of nitrogens with one attached hydrogen (secondary N) is 1. The molecule has 0 aliphatic heterocycles. The third-order valence-corrected chi connectivity index (χ3v) is 3.62. The van der Waals surface area contributed by atoms with Gasteiger partial charge in [0.25, 0.3) is 0 Å². The van der Waals surface area contributed by atoms with E-state index in [0.29, 0.717) is 10.7 Å². The predicted molar refractivity (Wildman–Crippen MR) is 66.3 cm³/mol. The zero-order chi connectivity index (χ0) is 12.6. The highest BCUT2D eigenvalue weighted by atomic mass is 32.2. The Hall–Kier alpha value is -1.82. The SMILES string of the molecule is Cc1cc(S(C)(=O)=O)ccc1-c1cc(N)n[nH]1. The van der Waals surface area contributed by atoms with Gasteiger partial charge in [0.2, 0.25) is 0 Å². The molecule has 6 heteroatoms. The highest BCUT2D eigenvalue weighted by molar-refractivity contribution is 7.90. The molecule has 5 nitrogen and oxygen atoms in total. The third-order valence-electron chi connectivity index (χ3n) is 2.51. The number of aryl methyl sites for hydroxylation is 1. The number of aromatic amines is 1. The van der Waals surface area contributed by atoms with Crippen LogP contribution in [0.4, 0.5) is 5.82 Å². The molecule has 90 valence electrons. The van der Waals surface area contributed by atoms with Crippen molar-refractivity contribution in [2.24, 2.45) is 0 Å². The van der Waals surface area contributed by atoms with Gasteiger partial charge in [0, 0.05) is 17.9 Å². The minimum Gasteiger partial charge on any atom is -0.382 e. The molecule has 0 bridgehead atoms. The lowest BCUT2D eigenvalue weighted by Gasteiger charge is -2.05. The number of benzene rings is 1. The second-order valence-corrected chi connectivity index (χ2v) is 5.97. The Labute approximate surface area is 99.6 Å². The van der Waals surface area contributed by atoms with Gasteiger partial charge in [-0.15, -0.1) is 0 Å². The Morgan fingerprint density at radius 3 is 2.47 bits per heavy atom. The fourth-order valence-electron chi connectivity index (χ4n) is 1.64. The van der Waals surface area contributed by atoms with E-state index in [1.807, 2.05) is 6.92 Å². The van der Waals surface area contributed by atoms with Crippen molar-refractivity contribution in [3.8, 4) is 11.3 Å². The minimum atomic E-state index is -3.17. The number of aromatic nitrogens is 2. The van der Waals surface area contributed by atoms with Crippen LogP contribution in [-0.2, 0) is 9.84 Å². The van der Waals surface area contributed by atoms with Gasteiger partial charge in [-0.1, -0.05) is 6.07 Å². The molecule has 0 aliphatic rings. The van der Waals surface area contributed by atoms with Crippen LogP contribution in [0, 0.1) is 6.92 Å². The highest BCUT2D eigenvalue weighted by Gasteiger charge is 2.11. The first kappa shape index (κ1) is 11.7. The first-order valence-corrected chi connectivity index (χ1v) is 6.89. The summed E-state index contributed by atoms with van der Waals surface area (Å²) in [6, 6.07) is 6.68. The summed E-state index contributed by atoms with van der Waals surface area (Å²) in [6.07, 6.45) is 1.19. The molecule has 0 atom stereocenters. The predicted octanol–water partition coefficient (Wildman–Crippen LogP) is 1.37. The maximum absolute atomic E-state index is 11.4. The molecule has 1 aromatic carbocycles. The van der Waals surface area contributed by atoms with Crippen LogP contribution in [-0.4, -0.2) is 24.9 Å². The summed E-state index contributed by atoms with van der Waals surface area (Å²) < 4.78 is 22.8. The molecular formula is C11H13N3O2S. The number of nitrogen functional groups attached to an aromatic ring is 1. The minimum absolute atomic E-state index is 0.311. The molecule has 0 fully saturated rings. The van der Waals surface area contributed by atoms with Crippen LogP contribution in [0.1, 0.15) is 5.56 Å². The zero-order valence-electron chi connectivity index (χ0n) is 9.56. The van der Waals surface area contributed by atoms with Crippen molar-refractivity contribution < 1.29 is 8.42 Å². The number of sulfone groups is 1. The van der Waals surface area contributed by atoms with Gasteiger partial charge in [-0.05, 0) is 24.6 Å². The van der Waals surface area contributed by atoms with Crippen molar-refractivity contribution in [1.29, 1.82) is 0 Å². The normalized spacial score (nSPS) is 11.6. The first-order chi connectivity index (χ1) is 7.88. The second kappa shape index (κ2) is 3.89. The maximum atomic E-state index is 11.4. The van der Waals surface area contributed by atoms with Crippen LogP contribution in [0.2, 0.25) is 0 Å². The molecule has 1 aromatic heterocycles. The fraction of sp³-hybridized carbons (Fsp3) is 0.182. The number of H-pyrrole nitrogens is 1. The number of hydrogen-bond donors (Lipinski definition) is 2. The summed E-state index contributed by atoms with van der Waals surface area (Å²) >= 11 is 0. The topological polar surface area (TPSA) is 88.8 Å². The Kier molecular flexibility index (Phi) is 2.66. The number of nitrogens with zero attached hydrogens (tertiary/aromatic N) is 1. The Bertz CT molecular complexity index is 659. The third kappa shape index (κ3) is 2.31. The summed E-state index contributed by atoms with van der Waals surface area (Å²) in [5.74, 6) is 0.409. The van der Waals surface area contributed by atoms with Gasteiger partial charge < -0.3 is 5.73 Å². The molecule has 0 amide bonds. The monoisotopic (exact) mass is 251 g/mol. The molecule has 0 aliphatic carbocycles. The maximum Gasteiger partial charge on any atom is 0.175 e. The van der Waals surface area contributed by atoms with E-state index in [4.69, 9.17) is 5.73 Å². The zero-order valence-corrected chi connectivity index (χ0v) is 10.4. The number of rotatable bonds is 2. The average Bonchev–Trinajstić information content (AvgIpc) is 2.63. The first-order valence-electron chi connectivity index (χ1n) is 5.00. The van der Waals surface area contributed by atoms with Gasteiger partial charge in [0.1, 0.15) is 5.82 Å². The fourth-order valence-corrected chi connectivity index (χ4v) is 2.35. The van der Waals surface area contributed by atoms with Crippen LogP contribution in [0.25, 0.3) is 11.3 Å². The van der Waals surface area contributed by atoms with E-state index in [0.717, 1.165) is 16.8 Å². The number of nitrogens with two attached hydrogens (primary N) is 1. The van der Waals surface area contributed by atoms with Gasteiger partial charge in [0.05, 0.1) is 10.6 Å².